The third-order valence-electron chi connectivity index (χ3n) is 6.52. The van der Waals surface area contributed by atoms with E-state index in [0.29, 0.717) is 49.1 Å². The summed E-state index contributed by atoms with van der Waals surface area (Å²) >= 11 is 6.01. The van der Waals surface area contributed by atoms with Crippen LogP contribution < -0.4 is 4.74 Å². The molecule has 7 nitrogen and oxygen atoms in total. The lowest BCUT2D eigenvalue weighted by Gasteiger charge is -2.40. The molecule has 3 aromatic carbocycles. The zero-order chi connectivity index (χ0) is 24.1. The van der Waals surface area contributed by atoms with E-state index in [2.05, 4.69) is 22.4 Å². The summed E-state index contributed by atoms with van der Waals surface area (Å²) < 4.78 is 5.67. The highest BCUT2D eigenvalue weighted by atomic mass is 35.5. The highest BCUT2D eigenvalue weighted by Crippen LogP contribution is 2.39. The Bertz CT molecular complexity index is 1250. The molecule has 4 aromatic rings. The summed E-state index contributed by atoms with van der Waals surface area (Å²) in [5.74, 6) is 1.36. The van der Waals surface area contributed by atoms with Gasteiger partial charge in [0, 0.05) is 18.1 Å². The van der Waals surface area contributed by atoms with E-state index in [9.17, 15) is 4.79 Å². The van der Waals surface area contributed by atoms with Crippen LogP contribution in [0.15, 0.2) is 84.9 Å². The molecule has 0 N–H and O–H groups in total. The molecule has 1 aromatic heterocycles. The molecule has 1 aliphatic heterocycles. The Kier molecular flexibility index (Phi) is 6.77. The fourth-order valence-corrected chi connectivity index (χ4v) is 4.67. The lowest BCUT2D eigenvalue weighted by Crippen LogP contribution is -2.47. The maximum absolute atomic E-state index is 12.8. The molecule has 5 rings (SSSR count). The molecule has 178 valence electrons. The van der Waals surface area contributed by atoms with Gasteiger partial charge in [0.2, 0.25) is 0 Å². The monoisotopic (exact) mass is 487 g/mol. The van der Waals surface area contributed by atoms with Gasteiger partial charge >= 0.3 is 0 Å². The number of halogens is 1. The molecule has 0 unspecified atom stereocenters. The number of rotatable bonds is 7. The average molecular weight is 488 g/mol. The Balaban J connectivity index is 1.31. The first-order valence-corrected chi connectivity index (χ1v) is 12.0. The van der Waals surface area contributed by atoms with E-state index in [1.54, 1.807) is 4.80 Å². The smallest absolute Gasteiger partial charge is 0.260 e. The second kappa shape index (κ2) is 10.3. The second-order valence-corrected chi connectivity index (χ2v) is 9.14. The van der Waals surface area contributed by atoms with E-state index in [0.717, 1.165) is 11.1 Å². The molecule has 0 radical (unpaired) electrons. The van der Waals surface area contributed by atoms with Gasteiger partial charge in [-0.15, -0.1) is 10.2 Å². The zero-order valence-corrected chi connectivity index (χ0v) is 20.0. The first kappa shape index (κ1) is 23.1. The van der Waals surface area contributed by atoms with Crippen molar-refractivity contribution in [3.05, 3.63) is 107 Å². The number of carbonyl (C=O) groups excluding carboxylic acids is 1. The standard InChI is InChI=1S/C27H26ClN5O2/c28-23-13-11-21(12-14-23)19-33-30-26(29-31-33)27(22-7-3-1-4-8-22)15-17-32(18-16-27)25(34)20-35-24-9-5-2-6-10-24/h1-14H,15-20H2. The topological polar surface area (TPSA) is 73.1 Å². The Labute approximate surface area is 209 Å². The van der Waals surface area contributed by atoms with Crippen LogP contribution in [0.4, 0.5) is 0 Å². The molecule has 1 fully saturated rings. The number of ether oxygens (including phenoxy) is 1. The summed E-state index contributed by atoms with van der Waals surface area (Å²) in [6, 6.07) is 27.3. The van der Waals surface area contributed by atoms with Crippen LogP contribution in [0, 0.1) is 0 Å². The number of piperidine rings is 1. The van der Waals surface area contributed by atoms with Crippen molar-refractivity contribution >= 4 is 17.5 Å². The van der Waals surface area contributed by atoms with Gasteiger partial charge in [0.05, 0.1) is 12.0 Å². The third-order valence-corrected chi connectivity index (χ3v) is 6.77. The van der Waals surface area contributed by atoms with Gasteiger partial charge in [-0.3, -0.25) is 4.79 Å². The van der Waals surface area contributed by atoms with Gasteiger partial charge in [-0.05, 0) is 53.4 Å². The van der Waals surface area contributed by atoms with Crippen LogP contribution >= 0.6 is 11.6 Å². The van der Waals surface area contributed by atoms with Gasteiger partial charge in [0.25, 0.3) is 5.91 Å². The number of para-hydroxylation sites is 1. The number of tetrazole rings is 1. The maximum Gasteiger partial charge on any atom is 0.260 e. The van der Waals surface area contributed by atoms with Gasteiger partial charge in [-0.2, -0.15) is 4.80 Å². The molecule has 2 heterocycles. The second-order valence-electron chi connectivity index (χ2n) is 8.70. The maximum atomic E-state index is 12.8. The van der Waals surface area contributed by atoms with Gasteiger partial charge in [0.1, 0.15) is 5.75 Å². The van der Waals surface area contributed by atoms with E-state index < -0.39 is 5.41 Å². The van der Waals surface area contributed by atoms with Crippen LogP contribution in [0.3, 0.4) is 0 Å². The molecule has 1 saturated heterocycles. The van der Waals surface area contributed by atoms with Gasteiger partial charge in [-0.1, -0.05) is 72.3 Å². The summed E-state index contributed by atoms with van der Waals surface area (Å²) in [5.41, 5.74) is 1.78. The van der Waals surface area contributed by atoms with E-state index in [1.165, 1.54) is 0 Å². The summed E-state index contributed by atoms with van der Waals surface area (Å²) in [6.07, 6.45) is 1.42. The Morgan fingerprint density at radius 1 is 0.914 bits per heavy atom. The summed E-state index contributed by atoms with van der Waals surface area (Å²) in [5, 5.41) is 14.3. The van der Waals surface area contributed by atoms with Gasteiger partial charge in [-0.25, -0.2) is 0 Å². The summed E-state index contributed by atoms with van der Waals surface area (Å²) in [4.78, 5) is 16.3. The van der Waals surface area contributed by atoms with Crippen LogP contribution in [-0.4, -0.2) is 50.7 Å². The highest BCUT2D eigenvalue weighted by Gasteiger charge is 2.42. The molecule has 35 heavy (non-hydrogen) atoms. The van der Waals surface area contributed by atoms with Crippen molar-refractivity contribution in [2.75, 3.05) is 19.7 Å². The van der Waals surface area contributed by atoms with Crippen molar-refractivity contribution < 1.29 is 9.53 Å². The fraction of sp³-hybridized carbons (Fsp3) is 0.259. The summed E-state index contributed by atoms with van der Waals surface area (Å²) in [6.45, 7) is 1.73. The molecule has 0 spiro atoms. The van der Waals surface area contributed by atoms with Crippen molar-refractivity contribution in [3.63, 3.8) is 0 Å². The first-order chi connectivity index (χ1) is 17.1. The molecular weight excluding hydrogens is 462 g/mol. The third kappa shape index (κ3) is 5.20. The number of aromatic nitrogens is 4. The van der Waals surface area contributed by atoms with Crippen LogP contribution in [-0.2, 0) is 16.8 Å². The molecule has 0 atom stereocenters. The first-order valence-electron chi connectivity index (χ1n) is 11.7. The van der Waals surface area contributed by atoms with Crippen LogP contribution in [0.1, 0.15) is 29.8 Å². The van der Waals surface area contributed by atoms with Gasteiger partial charge in [0.15, 0.2) is 12.4 Å². The molecule has 0 aliphatic carbocycles. The van der Waals surface area contributed by atoms with E-state index in [4.69, 9.17) is 21.4 Å². The van der Waals surface area contributed by atoms with Crippen molar-refractivity contribution in [2.45, 2.75) is 24.8 Å². The van der Waals surface area contributed by atoms with Crippen molar-refractivity contribution in [1.29, 1.82) is 0 Å². The Morgan fingerprint density at radius 2 is 1.57 bits per heavy atom. The van der Waals surface area contributed by atoms with Crippen LogP contribution in [0.5, 0.6) is 5.75 Å². The lowest BCUT2D eigenvalue weighted by atomic mass is 9.72. The minimum atomic E-state index is -0.406. The highest BCUT2D eigenvalue weighted by molar-refractivity contribution is 6.30. The van der Waals surface area contributed by atoms with Crippen LogP contribution in [0.25, 0.3) is 0 Å². The molecule has 1 aliphatic rings. The minimum Gasteiger partial charge on any atom is -0.484 e. The summed E-state index contributed by atoms with van der Waals surface area (Å²) in [7, 11) is 0. The number of nitrogens with zero attached hydrogens (tertiary/aromatic N) is 5. The fourth-order valence-electron chi connectivity index (χ4n) is 4.54. The predicted octanol–water partition coefficient (Wildman–Crippen LogP) is 4.36. The molecule has 8 heteroatoms. The number of carbonyl (C=O) groups is 1. The van der Waals surface area contributed by atoms with Crippen molar-refractivity contribution in [1.82, 2.24) is 25.1 Å². The Hall–Kier alpha value is -3.71. The van der Waals surface area contributed by atoms with E-state index in [1.807, 2.05) is 77.7 Å². The molecule has 0 bridgehead atoms. The predicted molar refractivity (Wildman–Crippen MR) is 133 cm³/mol. The quantitative estimate of drug-likeness (QED) is 0.387. The number of likely N-dealkylation sites (tertiary alicyclic amines) is 1. The molecular formula is C27H26ClN5O2. The number of hydrogen-bond donors (Lipinski definition) is 0. The van der Waals surface area contributed by atoms with Gasteiger partial charge < -0.3 is 9.64 Å². The normalized spacial score (nSPS) is 15.1. The van der Waals surface area contributed by atoms with Crippen LogP contribution in [0.2, 0.25) is 5.02 Å². The molecule has 1 amide bonds. The number of hydrogen-bond acceptors (Lipinski definition) is 5. The van der Waals surface area contributed by atoms with Crippen molar-refractivity contribution in [2.24, 2.45) is 0 Å². The number of amides is 1. The zero-order valence-electron chi connectivity index (χ0n) is 19.3. The Morgan fingerprint density at radius 3 is 2.26 bits per heavy atom. The lowest BCUT2D eigenvalue weighted by molar-refractivity contribution is -0.134. The minimum absolute atomic E-state index is 0.0186. The van der Waals surface area contributed by atoms with Crippen molar-refractivity contribution in [3.8, 4) is 5.75 Å². The van der Waals surface area contributed by atoms with E-state index in [-0.39, 0.29) is 12.5 Å². The largest absolute Gasteiger partial charge is 0.484 e. The molecule has 0 saturated carbocycles. The average Bonchev–Trinajstić information content (AvgIpc) is 3.39. The number of benzene rings is 3. The SMILES string of the molecule is O=C(COc1ccccc1)N1CCC(c2ccccc2)(c2nnn(Cc3ccc(Cl)cc3)n2)CC1. The van der Waals surface area contributed by atoms with E-state index >= 15 is 0 Å².